The van der Waals surface area contributed by atoms with E-state index >= 15 is 0 Å². The second kappa shape index (κ2) is 3.20. The van der Waals surface area contributed by atoms with Gasteiger partial charge in [0, 0.05) is 0 Å². The third kappa shape index (κ3) is 1.56. The maximum absolute atomic E-state index is 2.31. The topological polar surface area (TPSA) is 0 Å². The van der Waals surface area contributed by atoms with Gasteiger partial charge in [-0.15, -0.1) is 0 Å². The first-order valence-corrected chi connectivity index (χ1v) is 6.86. The zero-order valence-corrected chi connectivity index (χ0v) is 8.32. The minimum atomic E-state index is -0.184. The Morgan fingerprint density at radius 1 is 1.75 bits per heavy atom. The van der Waals surface area contributed by atoms with E-state index in [0.29, 0.717) is 0 Å². The van der Waals surface area contributed by atoms with Crippen molar-refractivity contribution in [3.63, 3.8) is 0 Å². The van der Waals surface area contributed by atoms with Crippen LogP contribution < -0.4 is 0 Å². The molecule has 0 fully saturated rings. The molecule has 0 heterocycles. The average molecular weight is 165 g/mol. The van der Waals surface area contributed by atoms with Crippen LogP contribution in [0.25, 0.3) is 0 Å². The predicted octanol–water partition coefficient (Wildman–Crippen LogP) is 1.70. The Balaban J connectivity index is 2.28. The molecule has 1 aliphatic carbocycles. The molecular weight excluding hydrogens is 154 g/mol. The minimum absolute atomic E-state index is 0.184. The van der Waals surface area contributed by atoms with Crippen molar-refractivity contribution in [2.45, 2.75) is 18.3 Å². The van der Waals surface area contributed by atoms with E-state index in [1.54, 1.807) is 4.13 Å². The summed E-state index contributed by atoms with van der Waals surface area (Å²) in [5.74, 6) is 0. The van der Waals surface area contributed by atoms with Crippen LogP contribution in [0.5, 0.6) is 0 Å². The van der Waals surface area contributed by atoms with Crippen LogP contribution in [-0.2, 0) is 0 Å². The number of hydrogen-bond acceptors (Lipinski definition) is 0. The van der Waals surface area contributed by atoms with Gasteiger partial charge in [0.25, 0.3) is 0 Å². The van der Waals surface area contributed by atoms with Gasteiger partial charge in [-0.25, -0.2) is 0 Å². The van der Waals surface area contributed by atoms with Crippen LogP contribution in [0.15, 0.2) is 22.4 Å². The molecule has 0 saturated carbocycles. The van der Waals surface area contributed by atoms with Crippen LogP contribution in [0.1, 0.15) is 13.3 Å². The van der Waals surface area contributed by atoms with Crippen molar-refractivity contribution in [2.75, 3.05) is 0 Å². The molecule has 1 heteroatoms. The molecule has 0 unspecified atom stereocenters. The Bertz CT molecular complexity index is 122. The third-order valence-electron chi connectivity index (χ3n) is 1.42. The van der Waals surface area contributed by atoms with Crippen LogP contribution in [-0.4, -0.2) is 17.4 Å². The summed E-state index contributed by atoms with van der Waals surface area (Å²) >= 11 is -0.184. The van der Waals surface area contributed by atoms with E-state index in [4.69, 9.17) is 0 Å². The molecule has 0 nitrogen and oxygen atoms in total. The molecule has 0 N–H and O–H groups in total. The average Bonchev–Trinajstić information content (AvgIpc) is 2.19. The zero-order chi connectivity index (χ0) is 5.82. The number of rotatable bonds is 2. The number of allylic oxidation sites excluding steroid dienone is 4. The van der Waals surface area contributed by atoms with Crippen molar-refractivity contribution in [3.8, 4) is 0 Å². The van der Waals surface area contributed by atoms with E-state index in [9.17, 15) is 0 Å². The summed E-state index contributed by atoms with van der Waals surface area (Å²) in [5.41, 5.74) is 0. The summed E-state index contributed by atoms with van der Waals surface area (Å²) in [7, 11) is 0. The third-order valence-corrected chi connectivity index (χ3v) is 4.92. The van der Waals surface area contributed by atoms with Crippen LogP contribution in [0, 0.1) is 0 Å². The standard InChI is InChI=1S/C5H5.C2H5.Ga.H/c1-2-4-5-3-1;1-2;;/h1-3H,4H2;1H2,2H3;;. The second-order valence-corrected chi connectivity index (χ2v) is 7.26. The maximum atomic E-state index is 2.31. The Kier molecular flexibility index (Phi) is 2.50. The van der Waals surface area contributed by atoms with Gasteiger partial charge < -0.3 is 0 Å². The van der Waals surface area contributed by atoms with Crippen molar-refractivity contribution in [3.05, 3.63) is 22.4 Å². The fraction of sp³-hybridized carbons (Fsp3) is 0.429. The molecule has 0 spiro atoms. The van der Waals surface area contributed by atoms with Crippen LogP contribution >= 0.6 is 0 Å². The van der Waals surface area contributed by atoms with E-state index in [-0.39, 0.29) is 17.4 Å². The molecule has 0 aromatic rings. The van der Waals surface area contributed by atoms with Crippen molar-refractivity contribution < 1.29 is 0 Å². The predicted molar refractivity (Wildman–Crippen MR) is 39.5 cm³/mol. The summed E-state index contributed by atoms with van der Waals surface area (Å²) in [6.45, 7) is 2.30. The molecule has 0 radical (unpaired) electrons. The van der Waals surface area contributed by atoms with Gasteiger partial charge in [-0.3, -0.25) is 0 Å². The molecule has 42 valence electrons. The molecule has 0 bridgehead atoms. The van der Waals surface area contributed by atoms with Crippen LogP contribution in [0.4, 0.5) is 0 Å². The van der Waals surface area contributed by atoms with E-state index in [2.05, 4.69) is 25.2 Å². The monoisotopic (exact) mass is 164 g/mol. The molecule has 0 amide bonds. The van der Waals surface area contributed by atoms with Crippen molar-refractivity contribution in [2.24, 2.45) is 0 Å². The van der Waals surface area contributed by atoms with Crippen LogP contribution in [0.2, 0.25) is 4.98 Å². The van der Waals surface area contributed by atoms with Crippen LogP contribution in [0.3, 0.4) is 0 Å². The summed E-state index contributed by atoms with van der Waals surface area (Å²) in [5, 5.41) is 0. The molecular formula is C7H11Ga. The summed E-state index contributed by atoms with van der Waals surface area (Å²) < 4.78 is 1.78. The first-order valence-electron chi connectivity index (χ1n) is 3.28. The first kappa shape index (κ1) is 6.24. The summed E-state index contributed by atoms with van der Waals surface area (Å²) in [6.07, 6.45) is 8.05. The van der Waals surface area contributed by atoms with Gasteiger partial charge >= 0.3 is 58.1 Å². The van der Waals surface area contributed by atoms with Crippen molar-refractivity contribution in [1.82, 2.24) is 0 Å². The van der Waals surface area contributed by atoms with Gasteiger partial charge in [0.05, 0.1) is 0 Å². The van der Waals surface area contributed by atoms with Crippen molar-refractivity contribution >= 4 is 17.4 Å². The molecule has 0 aromatic carbocycles. The Morgan fingerprint density at radius 2 is 2.62 bits per heavy atom. The molecule has 0 aliphatic heterocycles. The molecule has 0 saturated heterocycles. The summed E-state index contributed by atoms with van der Waals surface area (Å²) in [6, 6.07) is 0. The van der Waals surface area contributed by atoms with E-state index in [1.807, 2.05) is 0 Å². The quantitative estimate of drug-likeness (QED) is 0.546. The van der Waals surface area contributed by atoms with E-state index in [0.717, 1.165) is 0 Å². The number of hydrogen-bond donors (Lipinski definition) is 0. The molecule has 1 aliphatic rings. The Morgan fingerprint density at radius 3 is 3.12 bits per heavy atom. The first-order chi connectivity index (χ1) is 3.93. The molecule has 0 aromatic heterocycles. The molecule has 1 rings (SSSR count). The van der Waals surface area contributed by atoms with Crippen molar-refractivity contribution in [1.29, 1.82) is 0 Å². The fourth-order valence-electron chi connectivity index (χ4n) is 0.998. The van der Waals surface area contributed by atoms with Gasteiger partial charge in [-0.1, -0.05) is 0 Å². The van der Waals surface area contributed by atoms with E-state index < -0.39 is 0 Å². The van der Waals surface area contributed by atoms with Gasteiger partial charge in [-0.2, -0.15) is 0 Å². The van der Waals surface area contributed by atoms with Gasteiger partial charge in [0.1, 0.15) is 0 Å². The Labute approximate surface area is 58.5 Å². The second-order valence-electron chi connectivity index (χ2n) is 2.21. The Hall–Kier alpha value is 0.116. The van der Waals surface area contributed by atoms with Gasteiger partial charge in [-0.05, 0) is 0 Å². The normalized spacial score (nSPS) is 16.4. The van der Waals surface area contributed by atoms with E-state index in [1.165, 1.54) is 11.4 Å². The SMILES string of the molecule is C[CH2][GaH][C]1=CC=CC1. The van der Waals surface area contributed by atoms with Gasteiger partial charge in [0.15, 0.2) is 0 Å². The van der Waals surface area contributed by atoms with Gasteiger partial charge in [0.2, 0.25) is 0 Å². The zero-order valence-electron chi connectivity index (χ0n) is 5.35. The molecule has 0 atom stereocenters. The molecule has 8 heavy (non-hydrogen) atoms. The summed E-state index contributed by atoms with van der Waals surface area (Å²) in [4.78, 5) is 1.47. The fourth-order valence-corrected chi connectivity index (χ4v) is 3.76.